The molecular formula is C10H11BrN2S. The molecule has 2 rings (SSSR count). The molecule has 1 N–H and O–H groups in total. The molecule has 0 saturated carbocycles. The molecule has 1 heterocycles. The number of thioether (sulfide) groups is 1. The summed E-state index contributed by atoms with van der Waals surface area (Å²) in [6, 6.07) is 6.21. The van der Waals surface area contributed by atoms with E-state index in [4.69, 9.17) is 0 Å². The fourth-order valence-corrected chi connectivity index (χ4v) is 2.51. The highest BCUT2D eigenvalue weighted by Crippen LogP contribution is 2.22. The second-order valence-electron chi connectivity index (χ2n) is 3.12. The first-order valence-electron chi connectivity index (χ1n) is 4.46. The van der Waals surface area contributed by atoms with Gasteiger partial charge in [-0.2, -0.15) is 0 Å². The number of benzene rings is 1. The summed E-state index contributed by atoms with van der Waals surface area (Å²) < 4.78 is 1.11. The minimum absolute atomic E-state index is 0.933. The summed E-state index contributed by atoms with van der Waals surface area (Å²) in [7, 11) is 0. The van der Waals surface area contributed by atoms with E-state index in [1.54, 1.807) is 11.8 Å². The molecule has 0 unspecified atom stereocenters. The van der Waals surface area contributed by atoms with E-state index >= 15 is 0 Å². The lowest BCUT2D eigenvalue weighted by Crippen LogP contribution is -2.05. The van der Waals surface area contributed by atoms with E-state index in [0.717, 1.165) is 27.6 Å². The van der Waals surface area contributed by atoms with Gasteiger partial charge in [0.2, 0.25) is 0 Å². The molecule has 0 fully saturated rings. The molecule has 0 radical (unpaired) electrons. The van der Waals surface area contributed by atoms with E-state index in [-0.39, 0.29) is 0 Å². The van der Waals surface area contributed by atoms with Crippen molar-refractivity contribution in [2.24, 2.45) is 4.99 Å². The van der Waals surface area contributed by atoms with Gasteiger partial charge in [0.1, 0.15) is 0 Å². The zero-order valence-corrected chi connectivity index (χ0v) is 10.3. The Morgan fingerprint density at radius 3 is 3.00 bits per heavy atom. The Balaban J connectivity index is 2.16. The molecule has 1 aliphatic heterocycles. The molecule has 0 aromatic heterocycles. The van der Waals surface area contributed by atoms with Crippen LogP contribution in [0.4, 0.5) is 5.69 Å². The van der Waals surface area contributed by atoms with Gasteiger partial charge in [-0.05, 0) is 30.7 Å². The molecular weight excluding hydrogens is 260 g/mol. The molecule has 4 heteroatoms. The Morgan fingerprint density at radius 2 is 2.36 bits per heavy atom. The van der Waals surface area contributed by atoms with Crippen molar-refractivity contribution in [1.29, 1.82) is 0 Å². The van der Waals surface area contributed by atoms with Gasteiger partial charge in [-0.1, -0.05) is 27.7 Å². The quantitative estimate of drug-likeness (QED) is 0.847. The lowest BCUT2D eigenvalue weighted by molar-refractivity contribution is 1.17. The van der Waals surface area contributed by atoms with Crippen LogP contribution in [0.2, 0.25) is 0 Å². The summed E-state index contributed by atoms with van der Waals surface area (Å²) in [5.74, 6) is 1.10. The summed E-state index contributed by atoms with van der Waals surface area (Å²) in [6.45, 7) is 3.02. The number of hydrogen-bond acceptors (Lipinski definition) is 3. The first-order valence-corrected chi connectivity index (χ1v) is 6.24. The number of anilines is 1. The number of aryl methyl sites for hydroxylation is 1. The molecule has 0 atom stereocenters. The van der Waals surface area contributed by atoms with Gasteiger partial charge in [0, 0.05) is 15.9 Å². The van der Waals surface area contributed by atoms with Crippen LogP contribution in [0.1, 0.15) is 5.56 Å². The highest BCUT2D eigenvalue weighted by atomic mass is 79.9. The van der Waals surface area contributed by atoms with Crippen molar-refractivity contribution in [2.45, 2.75) is 6.92 Å². The molecule has 0 spiro atoms. The number of nitrogens with one attached hydrogen (secondary N) is 1. The number of amidine groups is 1. The molecule has 1 aromatic rings. The molecule has 14 heavy (non-hydrogen) atoms. The maximum Gasteiger partial charge on any atom is 0.161 e. The topological polar surface area (TPSA) is 24.4 Å². The van der Waals surface area contributed by atoms with E-state index < -0.39 is 0 Å². The SMILES string of the molecule is Cc1cc(Br)ccc1NC1=NCCS1. The van der Waals surface area contributed by atoms with Gasteiger partial charge < -0.3 is 5.32 Å². The summed E-state index contributed by atoms with van der Waals surface area (Å²) in [6.07, 6.45) is 0. The molecule has 0 aliphatic carbocycles. The zero-order chi connectivity index (χ0) is 9.97. The van der Waals surface area contributed by atoms with Crippen LogP contribution in [0.3, 0.4) is 0 Å². The maximum atomic E-state index is 4.35. The van der Waals surface area contributed by atoms with Gasteiger partial charge >= 0.3 is 0 Å². The van der Waals surface area contributed by atoms with Crippen LogP contribution in [0.15, 0.2) is 27.7 Å². The van der Waals surface area contributed by atoms with Gasteiger partial charge in [-0.3, -0.25) is 4.99 Å². The van der Waals surface area contributed by atoms with Crippen molar-refractivity contribution in [3.8, 4) is 0 Å². The van der Waals surface area contributed by atoms with E-state index in [0.29, 0.717) is 0 Å². The van der Waals surface area contributed by atoms with Crippen molar-refractivity contribution in [1.82, 2.24) is 0 Å². The zero-order valence-electron chi connectivity index (χ0n) is 7.88. The first-order chi connectivity index (χ1) is 6.75. The van der Waals surface area contributed by atoms with E-state index in [1.807, 2.05) is 6.07 Å². The van der Waals surface area contributed by atoms with Gasteiger partial charge in [-0.15, -0.1) is 0 Å². The van der Waals surface area contributed by atoms with Crippen LogP contribution in [-0.4, -0.2) is 17.5 Å². The third kappa shape index (κ3) is 2.30. The van der Waals surface area contributed by atoms with Crippen LogP contribution >= 0.6 is 27.7 Å². The Kier molecular flexibility index (Phi) is 3.13. The molecule has 1 aromatic carbocycles. The van der Waals surface area contributed by atoms with Gasteiger partial charge in [0.05, 0.1) is 6.54 Å². The van der Waals surface area contributed by atoms with Crippen molar-refractivity contribution < 1.29 is 0 Å². The predicted octanol–water partition coefficient (Wildman–Crippen LogP) is 3.27. The molecule has 1 aliphatic rings. The lowest BCUT2D eigenvalue weighted by atomic mass is 10.2. The number of hydrogen-bond donors (Lipinski definition) is 1. The second-order valence-corrected chi connectivity index (χ2v) is 5.12. The summed E-state index contributed by atoms with van der Waals surface area (Å²) in [5.41, 5.74) is 2.37. The number of halogens is 1. The van der Waals surface area contributed by atoms with E-state index in [2.05, 4.69) is 45.3 Å². The number of nitrogens with zero attached hydrogens (tertiary/aromatic N) is 1. The third-order valence-electron chi connectivity index (χ3n) is 2.02. The average molecular weight is 271 g/mol. The minimum atomic E-state index is 0.933. The summed E-state index contributed by atoms with van der Waals surface area (Å²) in [4.78, 5) is 4.35. The summed E-state index contributed by atoms with van der Waals surface area (Å²) in [5, 5.41) is 4.37. The van der Waals surface area contributed by atoms with E-state index in [9.17, 15) is 0 Å². The Bertz CT molecular complexity index is 376. The standard InChI is InChI=1S/C10H11BrN2S/c1-7-6-8(11)2-3-9(7)13-10-12-4-5-14-10/h2-3,6H,4-5H2,1H3,(H,12,13). The van der Waals surface area contributed by atoms with Gasteiger partial charge in [-0.25, -0.2) is 0 Å². The first kappa shape index (κ1) is 10.1. The van der Waals surface area contributed by atoms with Crippen LogP contribution in [0.25, 0.3) is 0 Å². The van der Waals surface area contributed by atoms with Crippen molar-refractivity contribution in [3.05, 3.63) is 28.2 Å². The van der Waals surface area contributed by atoms with Crippen LogP contribution < -0.4 is 5.32 Å². The monoisotopic (exact) mass is 270 g/mol. The number of aliphatic imine (C=N–C) groups is 1. The molecule has 0 saturated heterocycles. The fraction of sp³-hybridized carbons (Fsp3) is 0.300. The molecule has 74 valence electrons. The lowest BCUT2D eigenvalue weighted by Gasteiger charge is -2.08. The van der Waals surface area contributed by atoms with Crippen LogP contribution in [0.5, 0.6) is 0 Å². The largest absolute Gasteiger partial charge is 0.335 e. The fourth-order valence-electron chi connectivity index (χ4n) is 1.29. The summed E-state index contributed by atoms with van der Waals surface area (Å²) >= 11 is 5.22. The number of rotatable bonds is 1. The van der Waals surface area contributed by atoms with Crippen molar-refractivity contribution in [2.75, 3.05) is 17.6 Å². The Labute approximate surface area is 96.3 Å². The molecule has 2 nitrogen and oxygen atoms in total. The predicted molar refractivity (Wildman–Crippen MR) is 67.3 cm³/mol. The van der Waals surface area contributed by atoms with Gasteiger partial charge in [0.25, 0.3) is 0 Å². The van der Waals surface area contributed by atoms with Crippen molar-refractivity contribution >= 4 is 38.5 Å². The van der Waals surface area contributed by atoms with E-state index in [1.165, 1.54) is 5.56 Å². The second kappa shape index (κ2) is 4.36. The van der Waals surface area contributed by atoms with Crippen LogP contribution in [-0.2, 0) is 0 Å². The Morgan fingerprint density at radius 1 is 1.50 bits per heavy atom. The highest BCUT2D eigenvalue weighted by molar-refractivity contribution is 9.10. The molecule has 0 bridgehead atoms. The third-order valence-corrected chi connectivity index (χ3v) is 3.40. The smallest absolute Gasteiger partial charge is 0.161 e. The Hall–Kier alpha value is -0.480. The van der Waals surface area contributed by atoms with Crippen molar-refractivity contribution in [3.63, 3.8) is 0 Å². The molecule has 0 amide bonds. The van der Waals surface area contributed by atoms with Gasteiger partial charge in [0.15, 0.2) is 5.17 Å². The maximum absolute atomic E-state index is 4.35. The normalized spacial score (nSPS) is 15.4. The minimum Gasteiger partial charge on any atom is -0.335 e. The highest BCUT2D eigenvalue weighted by Gasteiger charge is 2.08. The van der Waals surface area contributed by atoms with Crippen LogP contribution in [0, 0.1) is 6.92 Å². The average Bonchev–Trinajstić information content (AvgIpc) is 2.62.